The van der Waals surface area contributed by atoms with Crippen LogP contribution in [0.1, 0.15) is 32.3 Å². The van der Waals surface area contributed by atoms with E-state index in [1.165, 1.54) is 24.3 Å². The second-order valence-electron chi connectivity index (χ2n) is 6.82. The van der Waals surface area contributed by atoms with E-state index in [4.69, 9.17) is 0 Å². The molecule has 1 aromatic rings. The molecule has 1 saturated carbocycles. The van der Waals surface area contributed by atoms with Crippen molar-refractivity contribution in [3.05, 3.63) is 35.4 Å². The van der Waals surface area contributed by atoms with E-state index in [9.17, 15) is 24.8 Å². The van der Waals surface area contributed by atoms with Gasteiger partial charge in [-0.15, -0.1) is 0 Å². The molecule has 0 bridgehead atoms. The van der Waals surface area contributed by atoms with Crippen molar-refractivity contribution in [3.63, 3.8) is 0 Å². The van der Waals surface area contributed by atoms with E-state index >= 15 is 0 Å². The Morgan fingerprint density at radius 1 is 1.20 bits per heavy atom. The van der Waals surface area contributed by atoms with Gasteiger partial charge in [0.2, 0.25) is 0 Å². The van der Waals surface area contributed by atoms with Crippen LogP contribution in [0.4, 0.5) is 0 Å². The van der Waals surface area contributed by atoms with Gasteiger partial charge in [0, 0.05) is 18.4 Å². The summed E-state index contributed by atoms with van der Waals surface area (Å²) in [6.45, 7) is 3.66. The molecule has 130 valence electrons. The normalized spacial score (nSPS) is 18.3. The highest BCUT2D eigenvalue weighted by molar-refractivity contribution is 6.18. The highest BCUT2D eigenvalue weighted by Gasteiger charge is 2.43. The molecule has 0 amide bonds. The van der Waals surface area contributed by atoms with Crippen LogP contribution in [-0.4, -0.2) is 29.8 Å². The lowest BCUT2D eigenvalue weighted by molar-refractivity contribution is -0.136. The maximum atomic E-state index is 12.7. The van der Waals surface area contributed by atoms with Gasteiger partial charge in [0.05, 0.1) is 7.11 Å². The number of phenolic OH excluding ortho intramolecular Hbond substituents is 1. The number of hydrogen-bond donors (Lipinski definition) is 1. The molecule has 0 spiro atoms. The van der Waals surface area contributed by atoms with Gasteiger partial charge >= 0.3 is 5.97 Å². The minimum atomic E-state index is -1.19. The quantitative estimate of drug-likeness (QED) is 0.392. The zero-order valence-electron chi connectivity index (χ0n) is 14.3. The first kappa shape index (κ1) is 18.4. The summed E-state index contributed by atoms with van der Waals surface area (Å²) in [5.41, 5.74) is -0.436. The number of rotatable bonds is 3. The van der Waals surface area contributed by atoms with Crippen molar-refractivity contribution in [2.75, 3.05) is 7.11 Å². The van der Waals surface area contributed by atoms with E-state index in [1.54, 1.807) is 6.07 Å². The molecule has 0 saturated heterocycles. The molecule has 1 fully saturated rings. The minimum absolute atomic E-state index is 0.0119. The number of nitrogens with zero attached hydrogens (tertiary/aromatic N) is 1. The van der Waals surface area contributed by atoms with Crippen molar-refractivity contribution < 1.29 is 24.2 Å². The van der Waals surface area contributed by atoms with Crippen molar-refractivity contribution in [1.82, 2.24) is 0 Å². The third kappa shape index (κ3) is 3.77. The van der Waals surface area contributed by atoms with Gasteiger partial charge in [-0.1, -0.05) is 26.0 Å². The Balaban J connectivity index is 2.68. The number of Topliss-reactive ketones (excluding diaryl/α,β-unsaturated/α-hetero) is 2. The molecule has 0 heterocycles. The number of allylic oxidation sites excluding steroid dienone is 1. The highest BCUT2D eigenvalue weighted by atomic mass is 16.5. The van der Waals surface area contributed by atoms with Gasteiger partial charge in [-0.25, -0.2) is 4.79 Å². The van der Waals surface area contributed by atoms with Gasteiger partial charge in [-0.05, 0) is 23.1 Å². The Labute approximate surface area is 145 Å². The van der Waals surface area contributed by atoms with Crippen molar-refractivity contribution in [2.45, 2.75) is 26.7 Å². The molecular weight excluding hydrogens is 322 g/mol. The van der Waals surface area contributed by atoms with Crippen LogP contribution in [-0.2, 0) is 19.1 Å². The molecule has 0 radical (unpaired) electrons. The zero-order valence-corrected chi connectivity index (χ0v) is 14.3. The second kappa shape index (κ2) is 6.89. The number of ether oxygens (including phenoxy) is 1. The Bertz CT molecular complexity index is 776. The summed E-state index contributed by atoms with van der Waals surface area (Å²) >= 11 is 0. The molecule has 25 heavy (non-hydrogen) atoms. The Morgan fingerprint density at radius 3 is 2.16 bits per heavy atom. The van der Waals surface area contributed by atoms with Crippen LogP contribution < -0.4 is 0 Å². The molecule has 0 atom stereocenters. The van der Waals surface area contributed by atoms with Crippen molar-refractivity contribution in [2.24, 2.45) is 11.3 Å². The Kier molecular flexibility index (Phi) is 5.07. The first-order valence-corrected chi connectivity index (χ1v) is 7.77. The highest BCUT2D eigenvalue weighted by Crippen LogP contribution is 2.40. The lowest BCUT2D eigenvalue weighted by atomic mass is 9.68. The topological polar surface area (TPSA) is 104 Å². The average Bonchev–Trinajstić information content (AvgIpc) is 2.53. The number of esters is 1. The van der Waals surface area contributed by atoms with Gasteiger partial charge in [0.15, 0.2) is 0 Å². The Morgan fingerprint density at radius 2 is 1.72 bits per heavy atom. The minimum Gasteiger partial charge on any atom is -0.508 e. The Hall–Kier alpha value is -2.94. The number of nitriles is 1. The van der Waals surface area contributed by atoms with Gasteiger partial charge < -0.3 is 9.84 Å². The summed E-state index contributed by atoms with van der Waals surface area (Å²) in [6.07, 6.45) is 0.343. The van der Waals surface area contributed by atoms with Crippen LogP contribution >= 0.6 is 0 Å². The van der Waals surface area contributed by atoms with Gasteiger partial charge in [0.25, 0.3) is 0 Å². The molecule has 2 rings (SSSR count). The smallest absolute Gasteiger partial charge is 0.348 e. The van der Waals surface area contributed by atoms with Gasteiger partial charge in [0.1, 0.15) is 34.9 Å². The summed E-state index contributed by atoms with van der Waals surface area (Å²) < 4.78 is 4.64. The van der Waals surface area contributed by atoms with Crippen LogP contribution in [0.25, 0.3) is 5.57 Å². The lowest BCUT2D eigenvalue weighted by Crippen LogP contribution is -2.38. The zero-order chi connectivity index (χ0) is 18.8. The summed E-state index contributed by atoms with van der Waals surface area (Å²) in [4.78, 5) is 37.4. The van der Waals surface area contributed by atoms with Crippen molar-refractivity contribution in [3.8, 4) is 11.8 Å². The molecule has 0 aliphatic heterocycles. The fourth-order valence-corrected chi connectivity index (χ4v) is 3.13. The summed E-state index contributed by atoms with van der Waals surface area (Å²) in [5.74, 6) is -2.77. The molecular formula is C19H19NO5. The number of ketones is 2. The molecule has 6 nitrogen and oxygen atoms in total. The molecule has 1 aromatic carbocycles. The van der Waals surface area contributed by atoms with Crippen LogP contribution in [0, 0.1) is 22.7 Å². The average molecular weight is 341 g/mol. The first-order valence-electron chi connectivity index (χ1n) is 7.77. The van der Waals surface area contributed by atoms with E-state index < -0.39 is 17.3 Å². The van der Waals surface area contributed by atoms with E-state index in [1.807, 2.05) is 13.8 Å². The summed E-state index contributed by atoms with van der Waals surface area (Å²) in [6, 6.07) is 7.42. The van der Waals surface area contributed by atoms with Crippen LogP contribution in [0.2, 0.25) is 0 Å². The summed E-state index contributed by atoms with van der Waals surface area (Å²) in [5, 5.41) is 18.9. The number of phenols is 1. The van der Waals surface area contributed by atoms with E-state index in [-0.39, 0.29) is 41.3 Å². The standard InChI is InChI=1S/C19H19NO5/c1-19(2)8-14(22)17(15(23)9-19)16(13(10-20)18(24)25-3)11-4-6-12(21)7-5-11/h4-7,17,21H,8-9H2,1-3H3. The largest absolute Gasteiger partial charge is 0.508 e. The van der Waals surface area contributed by atoms with Gasteiger partial charge in [-0.2, -0.15) is 5.26 Å². The van der Waals surface area contributed by atoms with E-state index in [0.717, 1.165) is 7.11 Å². The second-order valence-corrected chi connectivity index (χ2v) is 6.82. The molecule has 1 N–H and O–H groups in total. The van der Waals surface area contributed by atoms with Crippen LogP contribution in [0.5, 0.6) is 5.75 Å². The summed E-state index contributed by atoms with van der Waals surface area (Å²) in [7, 11) is 1.13. The van der Waals surface area contributed by atoms with Crippen molar-refractivity contribution in [1.29, 1.82) is 5.26 Å². The molecule has 0 aromatic heterocycles. The number of hydrogen-bond acceptors (Lipinski definition) is 6. The number of carbonyl (C=O) groups excluding carboxylic acids is 3. The molecule has 1 aliphatic rings. The van der Waals surface area contributed by atoms with E-state index in [2.05, 4.69) is 4.74 Å². The number of methoxy groups -OCH3 is 1. The fraction of sp³-hybridized carbons (Fsp3) is 0.368. The SMILES string of the molecule is COC(=O)C(C#N)=C(c1ccc(O)cc1)C1C(=O)CC(C)(C)CC1=O. The number of carbonyl (C=O) groups is 3. The van der Waals surface area contributed by atoms with Crippen LogP contribution in [0.3, 0.4) is 0 Å². The first-order chi connectivity index (χ1) is 11.7. The van der Waals surface area contributed by atoms with E-state index in [0.29, 0.717) is 5.56 Å². The molecule has 1 aliphatic carbocycles. The maximum absolute atomic E-state index is 12.7. The van der Waals surface area contributed by atoms with Crippen molar-refractivity contribution >= 4 is 23.1 Å². The fourth-order valence-electron chi connectivity index (χ4n) is 3.13. The van der Waals surface area contributed by atoms with Crippen LogP contribution in [0.15, 0.2) is 29.8 Å². The maximum Gasteiger partial charge on any atom is 0.348 e. The third-order valence-electron chi connectivity index (χ3n) is 4.19. The predicted octanol–water partition coefficient (Wildman–Crippen LogP) is 2.42. The lowest BCUT2D eigenvalue weighted by Gasteiger charge is -2.33. The van der Waals surface area contributed by atoms with Gasteiger partial charge in [-0.3, -0.25) is 9.59 Å². The number of benzene rings is 1. The monoisotopic (exact) mass is 341 g/mol. The molecule has 0 unspecified atom stereocenters. The third-order valence-corrected chi connectivity index (χ3v) is 4.19. The predicted molar refractivity (Wildman–Crippen MR) is 89.2 cm³/mol. The molecule has 6 heteroatoms. The number of aromatic hydroxyl groups is 1.